The van der Waals surface area contributed by atoms with Crippen LogP contribution in [0.4, 0.5) is 0 Å². The maximum absolute atomic E-state index is 10.8. The molecule has 0 aromatic heterocycles. The van der Waals surface area contributed by atoms with Crippen LogP contribution in [0.25, 0.3) is 0 Å². The molecule has 0 fully saturated rings. The average Bonchev–Trinajstić information content (AvgIpc) is 2.10. The molecule has 1 atom stereocenters. The summed E-state index contributed by atoms with van der Waals surface area (Å²) in [6.45, 7) is 1.28. The zero-order valence-electron chi connectivity index (χ0n) is 7.20. The van der Waals surface area contributed by atoms with Crippen molar-refractivity contribution < 1.29 is 14.7 Å². The molecule has 0 spiro atoms. The van der Waals surface area contributed by atoms with Crippen LogP contribution < -0.4 is 10.6 Å². The van der Waals surface area contributed by atoms with Crippen LogP contribution >= 0.6 is 0 Å². The Labute approximate surface area is 75.5 Å². The summed E-state index contributed by atoms with van der Waals surface area (Å²) in [5, 5.41) is 21.1. The number of carbonyl (C=O) groups is 2. The van der Waals surface area contributed by atoms with Gasteiger partial charge in [0.2, 0.25) is 0 Å². The highest BCUT2D eigenvalue weighted by Gasteiger charge is 2.12. The van der Waals surface area contributed by atoms with Gasteiger partial charge in [0, 0.05) is 6.54 Å². The smallest absolute Gasteiger partial charge is 0.310 e. The second-order valence-corrected chi connectivity index (χ2v) is 2.40. The van der Waals surface area contributed by atoms with Crippen molar-refractivity contribution in [3.63, 3.8) is 0 Å². The van der Waals surface area contributed by atoms with Crippen molar-refractivity contribution in [2.75, 3.05) is 13.1 Å². The maximum Gasteiger partial charge on any atom is 0.310 e. The third kappa shape index (κ3) is 5.64. The number of hydrogen-bond donors (Lipinski definition) is 3. The van der Waals surface area contributed by atoms with Crippen LogP contribution in [0.15, 0.2) is 0 Å². The molecule has 0 aliphatic rings. The van der Waals surface area contributed by atoms with Crippen molar-refractivity contribution in [2.45, 2.75) is 13.0 Å². The maximum atomic E-state index is 10.8. The highest BCUT2D eigenvalue weighted by Crippen LogP contribution is 1.75. The van der Waals surface area contributed by atoms with Gasteiger partial charge in [0.05, 0.1) is 12.2 Å². The minimum Gasteiger partial charge on any atom is -0.392 e. The first-order valence-corrected chi connectivity index (χ1v) is 3.69. The first kappa shape index (κ1) is 11.4. The number of nitrogens with zero attached hydrogens (tertiary/aromatic N) is 1. The van der Waals surface area contributed by atoms with Crippen molar-refractivity contribution in [1.29, 1.82) is 5.26 Å². The molecule has 3 N–H and O–H groups in total. The lowest BCUT2D eigenvalue weighted by molar-refractivity contribution is -0.139. The molecule has 13 heavy (non-hydrogen) atoms. The molecular formula is C7H11N3O3. The standard InChI is InChI=1S/C7H11N3O3/c1-5(11)4-10-7(13)6(12)9-3-2-8/h5,11H,3-4H2,1H3,(H,9,12)(H,10,13)/t5-/m0/s1. The summed E-state index contributed by atoms with van der Waals surface area (Å²) in [5.74, 6) is -1.72. The number of aliphatic hydroxyl groups is 1. The number of carbonyl (C=O) groups excluding carboxylic acids is 2. The Morgan fingerprint density at radius 1 is 1.46 bits per heavy atom. The second kappa shape index (κ2) is 5.97. The predicted molar refractivity (Wildman–Crippen MR) is 43.3 cm³/mol. The Balaban J connectivity index is 3.71. The molecule has 0 bridgehead atoms. The van der Waals surface area contributed by atoms with Crippen LogP contribution in [0.2, 0.25) is 0 Å². The molecule has 0 rings (SSSR count). The number of nitriles is 1. The number of amides is 2. The molecule has 0 heterocycles. The second-order valence-electron chi connectivity index (χ2n) is 2.40. The van der Waals surface area contributed by atoms with Crippen LogP contribution in [-0.2, 0) is 9.59 Å². The molecule has 72 valence electrons. The SMILES string of the molecule is C[C@H](O)CNC(=O)C(=O)NCC#N. The summed E-state index contributed by atoms with van der Waals surface area (Å²) < 4.78 is 0. The van der Waals surface area contributed by atoms with Gasteiger partial charge in [-0.3, -0.25) is 9.59 Å². The van der Waals surface area contributed by atoms with Gasteiger partial charge in [0.1, 0.15) is 6.54 Å². The van der Waals surface area contributed by atoms with Gasteiger partial charge in [0.25, 0.3) is 0 Å². The largest absolute Gasteiger partial charge is 0.392 e. The fourth-order valence-corrected chi connectivity index (χ4v) is 0.521. The highest BCUT2D eigenvalue weighted by atomic mass is 16.3. The van der Waals surface area contributed by atoms with Crippen molar-refractivity contribution in [3.8, 4) is 6.07 Å². The van der Waals surface area contributed by atoms with E-state index in [4.69, 9.17) is 10.4 Å². The number of nitrogens with one attached hydrogen (secondary N) is 2. The molecular weight excluding hydrogens is 174 g/mol. The third-order valence-corrected chi connectivity index (χ3v) is 1.09. The minimum absolute atomic E-state index is 0.0127. The van der Waals surface area contributed by atoms with Gasteiger partial charge in [-0.05, 0) is 6.92 Å². The highest BCUT2D eigenvalue weighted by molar-refractivity contribution is 6.35. The summed E-state index contributed by atoms with van der Waals surface area (Å²) in [6.07, 6.45) is -0.701. The van der Waals surface area contributed by atoms with Crippen LogP contribution in [0.1, 0.15) is 6.92 Å². The quantitative estimate of drug-likeness (QED) is 0.354. The van der Waals surface area contributed by atoms with Crippen LogP contribution in [0, 0.1) is 11.3 Å². The van der Waals surface area contributed by atoms with E-state index in [2.05, 4.69) is 10.6 Å². The van der Waals surface area contributed by atoms with E-state index in [1.807, 2.05) is 0 Å². The molecule has 2 amide bonds. The van der Waals surface area contributed by atoms with Crippen molar-refractivity contribution in [3.05, 3.63) is 0 Å². The molecule has 0 aromatic rings. The zero-order chi connectivity index (χ0) is 10.3. The fourth-order valence-electron chi connectivity index (χ4n) is 0.521. The van der Waals surface area contributed by atoms with Gasteiger partial charge < -0.3 is 15.7 Å². The Morgan fingerprint density at radius 2 is 2.00 bits per heavy atom. The van der Waals surface area contributed by atoms with Crippen LogP contribution in [0.5, 0.6) is 0 Å². The monoisotopic (exact) mass is 185 g/mol. The molecule has 0 aromatic carbocycles. The van der Waals surface area contributed by atoms with Gasteiger partial charge in [-0.15, -0.1) is 0 Å². The van der Waals surface area contributed by atoms with Crippen molar-refractivity contribution in [1.82, 2.24) is 10.6 Å². The first-order valence-electron chi connectivity index (χ1n) is 3.69. The Hall–Kier alpha value is -1.61. The van der Waals surface area contributed by atoms with E-state index >= 15 is 0 Å². The van der Waals surface area contributed by atoms with Crippen molar-refractivity contribution in [2.24, 2.45) is 0 Å². The van der Waals surface area contributed by atoms with E-state index in [0.717, 1.165) is 0 Å². The van der Waals surface area contributed by atoms with E-state index in [9.17, 15) is 9.59 Å². The normalized spacial score (nSPS) is 11.2. The number of hydrogen-bond acceptors (Lipinski definition) is 4. The third-order valence-electron chi connectivity index (χ3n) is 1.09. The summed E-state index contributed by atoms with van der Waals surface area (Å²) in [4.78, 5) is 21.6. The first-order chi connectivity index (χ1) is 6.07. The van der Waals surface area contributed by atoms with Gasteiger partial charge in [0.15, 0.2) is 0 Å². The lowest BCUT2D eigenvalue weighted by Gasteiger charge is -2.05. The Kier molecular flexibility index (Phi) is 5.23. The number of rotatable bonds is 3. The lowest BCUT2D eigenvalue weighted by atomic mass is 10.4. The molecule has 0 saturated carbocycles. The van der Waals surface area contributed by atoms with E-state index < -0.39 is 17.9 Å². The topological polar surface area (TPSA) is 102 Å². The molecule has 0 aliphatic heterocycles. The molecule has 0 saturated heterocycles. The average molecular weight is 185 g/mol. The molecule has 6 heteroatoms. The fraction of sp³-hybridized carbons (Fsp3) is 0.571. The van der Waals surface area contributed by atoms with Gasteiger partial charge >= 0.3 is 11.8 Å². The minimum atomic E-state index is -0.873. The molecule has 0 aliphatic carbocycles. The zero-order valence-corrected chi connectivity index (χ0v) is 7.20. The van der Waals surface area contributed by atoms with Crippen LogP contribution in [0.3, 0.4) is 0 Å². The predicted octanol–water partition coefficient (Wildman–Crippen LogP) is -1.88. The van der Waals surface area contributed by atoms with E-state index in [1.165, 1.54) is 6.92 Å². The van der Waals surface area contributed by atoms with Gasteiger partial charge in [-0.25, -0.2) is 0 Å². The molecule has 0 unspecified atom stereocenters. The summed E-state index contributed by atoms with van der Waals surface area (Å²) >= 11 is 0. The van der Waals surface area contributed by atoms with E-state index in [-0.39, 0.29) is 13.1 Å². The Bertz CT molecular complexity index is 232. The summed E-state index contributed by atoms with van der Waals surface area (Å²) in [5.41, 5.74) is 0. The molecule has 6 nitrogen and oxygen atoms in total. The number of aliphatic hydroxyl groups excluding tert-OH is 1. The van der Waals surface area contributed by atoms with E-state index in [0.29, 0.717) is 0 Å². The van der Waals surface area contributed by atoms with E-state index in [1.54, 1.807) is 6.07 Å². The van der Waals surface area contributed by atoms with Crippen LogP contribution in [-0.4, -0.2) is 36.1 Å². The van der Waals surface area contributed by atoms with Gasteiger partial charge in [-0.2, -0.15) is 5.26 Å². The lowest BCUT2D eigenvalue weighted by Crippen LogP contribution is -2.42. The van der Waals surface area contributed by atoms with Crippen molar-refractivity contribution >= 4 is 11.8 Å². The van der Waals surface area contributed by atoms with Gasteiger partial charge in [-0.1, -0.05) is 0 Å². The summed E-state index contributed by atoms with van der Waals surface area (Å²) in [6, 6.07) is 1.66. The Morgan fingerprint density at radius 3 is 2.46 bits per heavy atom. The summed E-state index contributed by atoms with van der Waals surface area (Å²) in [7, 11) is 0. The molecule has 0 radical (unpaired) electrons.